The summed E-state index contributed by atoms with van der Waals surface area (Å²) in [6.45, 7) is 5.60. The third-order valence-electron chi connectivity index (χ3n) is 5.14. The van der Waals surface area contributed by atoms with E-state index in [2.05, 4.69) is 11.9 Å². The van der Waals surface area contributed by atoms with Gasteiger partial charge >= 0.3 is 0 Å². The van der Waals surface area contributed by atoms with E-state index >= 15 is 0 Å². The molecule has 0 bridgehead atoms. The Morgan fingerprint density at radius 1 is 1.23 bits per heavy atom. The molecule has 1 heterocycles. The molecule has 0 radical (unpaired) electrons. The van der Waals surface area contributed by atoms with Gasteiger partial charge in [-0.25, -0.2) is 12.7 Å². The average Bonchev–Trinajstić information content (AvgIpc) is 2.65. The summed E-state index contributed by atoms with van der Waals surface area (Å²) in [7, 11) is 2.18. The van der Waals surface area contributed by atoms with Crippen LogP contribution < -0.4 is 9.47 Å². The van der Waals surface area contributed by atoms with Gasteiger partial charge in [0, 0.05) is 25.7 Å². The number of rotatable bonds is 8. The lowest BCUT2D eigenvalue weighted by molar-refractivity contribution is 0.164. The molecule has 6 nitrogen and oxygen atoms in total. The van der Waals surface area contributed by atoms with E-state index in [1.807, 2.05) is 18.2 Å². The number of sulfonamides is 1. The topological polar surface area (TPSA) is 59.1 Å². The van der Waals surface area contributed by atoms with Crippen LogP contribution >= 0.6 is 0 Å². The van der Waals surface area contributed by atoms with Gasteiger partial charge in [0.1, 0.15) is 0 Å². The molecule has 0 amide bonds. The van der Waals surface area contributed by atoms with Gasteiger partial charge in [-0.15, -0.1) is 0 Å². The quantitative estimate of drug-likeness (QED) is 0.689. The Bertz CT molecular complexity index is 691. The molecule has 0 spiro atoms. The monoisotopic (exact) mass is 384 g/mol. The Morgan fingerprint density at radius 2 is 1.92 bits per heavy atom. The number of piperidine rings is 1. The van der Waals surface area contributed by atoms with Crippen LogP contribution in [0.1, 0.15) is 32.3 Å². The zero-order valence-electron chi connectivity index (χ0n) is 16.6. The molecule has 0 aliphatic carbocycles. The number of hydrogen-bond donors (Lipinski definition) is 0. The normalized spacial score (nSPS) is 19.1. The van der Waals surface area contributed by atoms with Crippen LogP contribution in [0.15, 0.2) is 18.2 Å². The molecule has 1 aliphatic rings. The molecule has 0 aromatic heterocycles. The van der Waals surface area contributed by atoms with Crippen molar-refractivity contribution in [2.45, 2.75) is 44.4 Å². The van der Waals surface area contributed by atoms with Crippen molar-refractivity contribution in [3.63, 3.8) is 0 Å². The molecule has 0 N–H and O–H groups in total. The second kappa shape index (κ2) is 9.06. The van der Waals surface area contributed by atoms with Crippen molar-refractivity contribution in [1.82, 2.24) is 9.21 Å². The smallest absolute Gasteiger partial charge is 0.216 e. The highest BCUT2D eigenvalue weighted by Crippen LogP contribution is 2.28. The fraction of sp³-hybridized carbons (Fsp3) is 0.684. The molecule has 1 fully saturated rings. The van der Waals surface area contributed by atoms with Crippen LogP contribution in [-0.4, -0.2) is 69.8 Å². The van der Waals surface area contributed by atoms with Gasteiger partial charge in [-0.05, 0) is 57.9 Å². The number of methoxy groups -OCH3 is 2. The second-order valence-electron chi connectivity index (χ2n) is 7.17. The first-order valence-electron chi connectivity index (χ1n) is 9.19. The van der Waals surface area contributed by atoms with Gasteiger partial charge < -0.3 is 14.4 Å². The van der Waals surface area contributed by atoms with E-state index in [0.29, 0.717) is 13.1 Å². The van der Waals surface area contributed by atoms with E-state index in [-0.39, 0.29) is 11.3 Å². The number of nitrogens with zero attached hydrogens (tertiary/aromatic N) is 2. The molecule has 1 unspecified atom stereocenters. The zero-order valence-corrected chi connectivity index (χ0v) is 17.4. The number of likely N-dealkylation sites (N-methyl/N-ethyl adjacent to an activating group) is 1. The third-order valence-corrected chi connectivity index (χ3v) is 7.38. The summed E-state index contributed by atoms with van der Waals surface area (Å²) < 4.78 is 37.2. The van der Waals surface area contributed by atoms with Crippen LogP contribution in [0, 0.1) is 0 Å². The van der Waals surface area contributed by atoms with Crippen molar-refractivity contribution >= 4 is 10.0 Å². The predicted molar refractivity (Wildman–Crippen MR) is 105 cm³/mol. The van der Waals surface area contributed by atoms with Crippen molar-refractivity contribution in [2.75, 3.05) is 40.9 Å². The maximum Gasteiger partial charge on any atom is 0.216 e. The fourth-order valence-corrected chi connectivity index (χ4v) is 4.69. The highest BCUT2D eigenvalue weighted by Gasteiger charge is 2.32. The average molecular weight is 385 g/mol. The molecule has 26 heavy (non-hydrogen) atoms. The van der Waals surface area contributed by atoms with E-state index in [1.165, 1.54) is 5.56 Å². The summed E-state index contributed by atoms with van der Waals surface area (Å²) >= 11 is 0. The summed E-state index contributed by atoms with van der Waals surface area (Å²) in [5.74, 6) is 1.46. The van der Waals surface area contributed by atoms with E-state index in [9.17, 15) is 8.42 Å². The lowest BCUT2D eigenvalue weighted by atomic mass is 10.1. The van der Waals surface area contributed by atoms with Crippen molar-refractivity contribution in [1.29, 1.82) is 0 Å². The lowest BCUT2D eigenvalue weighted by Crippen LogP contribution is -2.50. The largest absolute Gasteiger partial charge is 0.493 e. The fourth-order valence-electron chi connectivity index (χ4n) is 3.33. The molecule has 148 valence electrons. The maximum atomic E-state index is 12.4. The number of hydrogen-bond acceptors (Lipinski definition) is 5. The first-order chi connectivity index (χ1) is 12.3. The summed E-state index contributed by atoms with van der Waals surface area (Å²) in [5.41, 5.74) is 1.18. The Balaban J connectivity index is 1.96. The molecule has 1 aromatic rings. The van der Waals surface area contributed by atoms with E-state index < -0.39 is 10.0 Å². The van der Waals surface area contributed by atoms with Gasteiger partial charge in [-0.3, -0.25) is 0 Å². The maximum absolute atomic E-state index is 12.4. The lowest BCUT2D eigenvalue weighted by Gasteiger charge is -2.37. The molecule has 1 saturated heterocycles. The standard InChI is InChI=1S/C19H32N2O4S/c1-15(2)26(22,23)21-11-6-7-17(14-21)20(3)12-10-16-8-9-18(24-4)19(13-16)25-5/h8-9,13,15,17H,6-7,10-12,14H2,1-5H3. The molecule has 0 saturated carbocycles. The van der Waals surface area contributed by atoms with Gasteiger partial charge in [0.25, 0.3) is 0 Å². The minimum Gasteiger partial charge on any atom is -0.493 e. The molecular formula is C19H32N2O4S. The Labute approximate surface area is 158 Å². The number of ether oxygens (including phenoxy) is 2. The minimum atomic E-state index is -3.17. The van der Waals surface area contributed by atoms with Gasteiger partial charge in [0.2, 0.25) is 10.0 Å². The third kappa shape index (κ3) is 4.90. The van der Waals surface area contributed by atoms with Crippen LogP contribution in [0.4, 0.5) is 0 Å². The Kier molecular flexibility index (Phi) is 7.32. The Hall–Kier alpha value is -1.31. The highest BCUT2D eigenvalue weighted by molar-refractivity contribution is 7.89. The summed E-state index contributed by atoms with van der Waals surface area (Å²) in [6, 6.07) is 6.23. The summed E-state index contributed by atoms with van der Waals surface area (Å²) in [5, 5.41) is -0.363. The molecule has 2 rings (SSSR count). The van der Waals surface area contributed by atoms with Gasteiger partial charge in [0.05, 0.1) is 19.5 Å². The van der Waals surface area contributed by atoms with Crippen molar-refractivity contribution in [3.05, 3.63) is 23.8 Å². The van der Waals surface area contributed by atoms with E-state index in [0.717, 1.165) is 37.3 Å². The van der Waals surface area contributed by atoms with Crippen LogP contribution in [-0.2, 0) is 16.4 Å². The number of benzene rings is 1. The second-order valence-corrected chi connectivity index (χ2v) is 9.66. The zero-order chi connectivity index (χ0) is 19.3. The van der Waals surface area contributed by atoms with Gasteiger partial charge in [-0.2, -0.15) is 0 Å². The van der Waals surface area contributed by atoms with Crippen molar-refractivity contribution in [2.24, 2.45) is 0 Å². The van der Waals surface area contributed by atoms with E-state index in [4.69, 9.17) is 9.47 Å². The molecular weight excluding hydrogens is 352 g/mol. The van der Waals surface area contributed by atoms with Crippen molar-refractivity contribution in [3.8, 4) is 11.5 Å². The van der Waals surface area contributed by atoms with Crippen LogP contribution in [0.3, 0.4) is 0 Å². The predicted octanol–water partition coefficient (Wildman–Crippen LogP) is 2.38. The van der Waals surface area contributed by atoms with Gasteiger partial charge in [-0.1, -0.05) is 6.07 Å². The summed E-state index contributed by atoms with van der Waals surface area (Å²) in [6.07, 6.45) is 2.83. The molecule has 1 aliphatic heterocycles. The minimum absolute atomic E-state index is 0.261. The van der Waals surface area contributed by atoms with E-state index in [1.54, 1.807) is 32.4 Å². The first kappa shape index (κ1) is 21.0. The molecule has 1 atom stereocenters. The Morgan fingerprint density at radius 3 is 2.54 bits per heavy atom. The SMILES string of the molecule is COc1ccc(CCN(C)C2CCCN(S(=O)(=O)C(C)C)C2)cc1OC. The molecule has 7 heteroatoms. The first-order valence-corrected chi connectivity index (χ1v) is 10.7. The highest BCUT2D eigenvalue weighted by atomic mass is 32.2. The summed E-state index contributed by atoms with van der Waals surface area (Å²) in [4.78, 5) is 2.28. The van der Waals surface area contributed by atoms with Crippen LogP contribution in [0.2, 0.25) is 0 Å². The molecule has 1 aromatic carbocycles. The van der Waals surface area contributed by atoms with Crippen LogP contribution in [0.25, 0.3) is 0 Å². The van der Waals surface area contributed by atoms with Crippen LogP contribution in [0.5, 0.6) is 11.5 Å². The van der Waals surface area contributed by atoms with Crippen molar-refractivity contribution < 1.29 is 17.9 Å². The van der Waals surface area contributed by atoms with Gasteiger partial charge in [0.15, 0.2) is 11.5 Å².